The number of rotatable bonds is 6. The Bertz CT molecular complexity index is 871. The zero-order chi connectivity index (χ0) is 16.9. The predicted octanol–water partition coefficient (Wildman–Crippen LogP) is 2.89. The van der Waals surface area contributed by atoms with E-state index in [0.29, 0.717) is 23.9 Å². The first-order valence-corrected chi connectivity index (χ1v) is 7.80. The van der Waals surface area contributed by atoms with Crippen LogP contribution in [0.15, 0.2) is 53.3 Å². The van der Waals surface area contributed by atoms with Crippen LogP contribution in [-0.2, 0) is 13.1 Å². The average molecular weight is 345 g/mol. The van der Waals surface area contributed by atoms with Gasteiger partial charge in [0.15, 0.2) is 0 Å². The average Bonchev–Trinajstić information content (AvgIpc) is 2.93. The van der Waals surface area contributed by atoms with E-state index in [1.54, 1.807) is 13.2 Å². The number of hydrogen-bond acceptors (Lipinski definition) is 4. The lowest BCUT2D eigenvalue weighted by Crippen LogP contribution is -2.18. The van der Waals surface area contributed by atoms with E-state index in [4.69, 9.17) is 16.3 Å². The van der Waals surface area contributed by atoms with E-state index in [0.717, 1.165) is 17.0 Å². The van der Waals surface area contributed by atoms with Gasteiger partial charge in [0.1, 0.15) is 11.6 Å². The van der Waals surface area contributed by atoms with Crippen LogP contribution in [0.5, 0.6) is 5.75 Å². The van der Waals surface area contributed by atoms with E-state index in [-0.39, 0.29) is 5.69 Å². The topological polar surface area (TPSA) is 71.9 Å². The van der Waals surface area contributed by atoms with E-state index >= 15 is 0 Å². The first kappa shape index (κ1) is 16.1. The minimum Gasteiger partial charge on any atom is -0.497 e. The Morgan fingerprint density at radius 3 is 2.75 bits per heavy atom. The lowest BCUT2D eigenvalue weighted by Gasteiger charge is -2.05. The van der Waals surface area contributed by atoms with E-state index < -0.39 is 0 Å². The normalized spacial score (nSPS) is 10.6. The van der Waals surface area contributed by atoms with Crippen molar-refractivity contribution in [3.8, 4) is 5.75 Å². The third kappa shape index (κ3) is 3.97. The summed E-state index contributed by atoms with van der Waals surface area (Å²) in [4.78, 5) is 14.7. The van der Waals surface area contributed by atoms with Gasteiger partial charge < -0.3 is 10.1 Å². The molecule has 1 aromatic heterocycles. The van der Waals surface area contributed by atoms with Crippen LogP contribution < -0.4 is 15.7 Å². The summed E-state index contributed by atoms with van der Waals surface area (Å²) in [6.07, 6.45) is 0. The standard InChI is InChI=1S/C17H17ClN4O2/c1-24-15-7-5-14(6-8-15)19-10-16-20-17(23)22(21-16)11-12-3-2-4-13(18)9-12/h2-9,19H,10-11H2,1H3,(H,20,21,23). The summed E-state index contributed by atoms with van der Waals surface area (Å²) in [5, 5.41) is 8.14. The number of hydrogen-bond donors (Lipinski definition) is 2. The number of anilines is 1. The summed E-state index contributed by atoms with van der Waals surface area (Å²) in [7, 11) is 1.62. The highest BCUT2D eigenvalue weighted by Gasteiger charge is 2.06. The van der Waals surface area contributed by atoms with Crippen molar-refractivity contribution in [2.45, 2.75) is 13.1 Å². The van der Waals surface area contributed by atoms with Crippen LogP contribution in [0.4, 0.5) is 5.69 Å². The molecule has 0 radical (unpaired) electrons. The van der Waals surface area contributed by atoms with Crippen LogP contribution in [-0.4, -0.2) is 21.9 Å². The Labute approximate surface area is 144 Å². The Kier molecular flexibility index (Phi) is 4.86. The molecule has 24 heavy (non-hydrogen) atoms. The van der Waals surface area contributed by atoms with Crippen molar-refractivity contribution in [2.24, 2.45) is 0 Å². The molecule has 0 spiro atoms. The maximum absolute atomic E-state index is 12.0. The maximum atomic E-state index is 12.0. The summed E-state index contributed by atoms with van der Waals surface area (Å²) in [5.41, 5.74) is 1.59. The molecule has 0 unspecified atom stereocenters. The molecule has 7 heteroatoms. The van der Waals surface area contributed by atoms with Crippen LogP contribution in [0.25, 0.3) is 0 Å². The van der Waals surface area contributed by atoms with Crippen LogP contribution in [0, 0.1) is 0 Å². The van der Waals surface area contributed by atoms with Crippen molar-refractivity contribution in [3.05, 3.63) is 75.4 Å². The molecular weight excluding hydrogens is 328 g/mol. The van der Waals surface area contributed by atoms with E-state index in [2.05, 4.69) is 15.4 Å². The Morgan fingerprint density at radius 2 is 2.04 bits per heavy atom. The Morgan fingerprint density at radius 1 is 1.25 bits per heavy atom. The molecule has 0 bridgehead atoms. The minimum absolute atomic E-state index is 0.249. The number of halogens is 1. The van der Waals surface area contributed by atoms with Gasteiger partial charge in [0.25, 0.3) is 0 Å². The van der Waals surface area contributed by atoms with Gasteiger partial charge in [-0.25, -0.2) is 9.48 Å². The lowest BCUT2D eigenvalue weighted by atomic mass is 10.2. The molecule has 0 aliphatic heterocycles. The number of ether oxygens (including phenoxy) is 1. The smallest absolute Gasteiger partial charge is 0.343 e. The van der Waals surface area contributed by atoms with Gasteiger partial charge in [0.2, 0.25) is 0 Å². The summed E-state index contributed by atoms with van der Waals surface area (Å²) in [6, 6.07) is 14.9. The predicted molar refractivity (Wildman–Crippen MR) is 93.7 cm³/mol. The summed E-state index contributed by atoms with van der Waals surface area (Å²) in [6.45, 7) is 0.794. The van der Waals surface area contributed by atoms with Crippen molar-refractivity contribution in [2.75, 3.05) is 12.4 Å². The molecular formula is C17H17ClN4O2. The van der Waals surface area contributed by atoms with E-state index in [1.165, 1.54) is 4.68 Å². The second-order valence-corrected chi connectivity index (χ2v) is 5.68. The number of aromatic amines is 1. The molecule has 1 heterocycles. The molecule has 0 fully saturated rings. The second kappa shape index (κ2) is 7.23. The fourth-order valence-corrected chi connectivity index (χ4v) is 2.51. The quantitative estimate of drug-likeness (QED) is 0.721. The SMILES string of the molecule is COc1ccc(NCc2nn(Cc3cccc(Cl)c3)c(=O)[nH]2)cc1. The molecule has 0 aliphatic rings. The molecule has 3 aromatic rings. The van der Waals surface area contributed by atoms with Crippen molar-refractivity contribution in [1.82, 2.24) is 14.8 Å². The highest BCUT2D eigenvalue weighted by atomic mass is 35.5. The van der Waals surface area contributed by atoms with Gasteiger partial charge in [-0.15, -0.1) is 0 Å². The molecule has 0 atom stereocenters. The third-order valence-electron chi connectivity index (χ3n) is 3.50. The lowest BCUT2D eigenvalue weighted by molar-refractivity contribution is 0.415. The number of nitrogens with zero attached hydrogens (tertiary/aromatic N) is 2. The van der Waals surface area contributed by atoms with Crippen molar-refractivity contribution in [1.29, 1.82) is 0 Å². The van der Waals surface area contributed by atoms with Crippen LogP contribution in [0.2, 0.25) is 5.02 Å². The van der Waals surface area contributed by atoms with Gasteiger partial charge in [-0.3, -0.25) is 4.98 Å². The summed E-state index contributed by atoms with van der Waals surface area (Å²) < 4.78 is 6.50. The van der Waals surface area contributed by atoms with Crippen LogP contribution in [0.1, 0.15) is 11.4 Å². The number of methoxy groups -OCH3 is 1. The Hall–Kier alpha value is -2.73. The second-order valence-electron chi connectivity index (χ2n) is 5.25. The van der Waals surface area contributed by atoms with E-state index in [1.807, 2.05) is 42.5 Å². The fourth-order valence-electron chi connectivity index (χ4n) is 2.29. The van der Waals surface area contributed by atoms with Crippen molar-refractivity contribution in [3.63, 3.8) is 0 Å². The molecule has 0 aliphatic carbocycles. The molecule has 2 N–H and O–H groups in total. The Balaban J connectivity index is 1.66. The van der Waals surface area contributed by atoms with Crippen LogP contribution >= 0.6 is 11.6 Å². The zero-order valence-electron chi connectivity index (χ0n) is 13.1. The van der Waals surface area contributed by atoms with Crippen molar-refractivity contribution >= 4 is 17.3 Å². The summed E-state index contributed by atoms with van der Waals surface area (Å²) in [5.74, 6) is 1.36. The monoisotopic (exact) mass is 344 g/mol. The number of benzene rings is 2. The van der Waals surface area contributed by atoms with Gasteiger partial charge in [-0.05, 0) is 42.0 Å². The number of H-pyrrole nitrogens is 1. The highest BCUT2D eigenvalue weighted by molar-refractivity contribution is 6.30. The van der Waals surface area contributed by atoms with Gasteiger partial charge >= 0.3 is 5.69 Å². The van der Waals surface area contributed by atoms with Gasteiger partial charge in [0, 0.05) is 10.7 Å². The highest BCUT2D eigenvalue weighted by Crippen LogP contribution is 2.15. The largest absolute Gasteiger partial charge is 0.497 e. The third-order valence-corrected chi connectivity index (χ3v) is 3.73. The van der Waals surface area contributed by atoms with Gasteiger partial charge in [0.05, 0.1) is 20.2 Å². The molecule has 124 valence electrons. The van der Waals surface area contributed by atoms with Crippen molar-refractivity contribution < 1.29 is 4.74 Å². The van der Waals surface area contributed by atoms with Crippen LogP contribution in [0.3, 0.4) is 0 Å². The van der Waals surface area contributed by atoms with Gasteiger partial charge in [-0.2, -0.15) is 5.10 Å². The maximum Gasteiger partial charge on any atom is 0.343 e. The molecule has 0 saturated carbocycles. The number of nitrogens with one attached hydrogen (secondary N) is 2. The molecule has 3 rings (SSSR count). The number of aromatic nitrogens is 3. The first-order valence-electron chi connectivity index (χ1n) is 7.42. The fraction of sp³-hybridized carbons (Fsp3) is 0.176. The van der Waals surface area contributed by atoms with Gasteiger partial charge in [-0.1, -0.05) is 23.7 Å². The molecule has 0 saturated heterocycles. The molecule has 6 nitrogen and oxygen atoms in total. The van der Waals surface area contributed by atoms with E-state index in [9.17, 15) is 4.79 Å². The first-order chi connectivity index (χ1) is 11.6. The molecule has 0 amide bonds. The summed E-state index contributed by atoms with van der Waals surface area (Å²) >= 11 is 5.96. The minimum atomic E-state index is -0.249. The zero-order valence-corrected chi connectivity index (χ0v) is 13.9. The molecule has 2 aromatic carbocycles.